The highest BCUT2D eigenvalue weighted by Gasteiger charge is 2.25. The minimum absolute atomic E-state index is 0.239. The maximum Gasteiger partial charge on any atom is 0.119 e. The molecule has 0 aromatic heterocycles. The van der Waals surface area contributed by atoms with Gasteiger partial charge < -0.3 is 10.1 Å². The highest BCUT2D eigenvalue weighted by molar-refractivity contribution is 5.47. The largest absolute Gasteiger partial charge is 0.491 e. The fraction of sp³-hybridized carbons (Fsp3) is 0.625. The van der Waals surface area contributed by atoms with Crippen molar-refractivity contribution < 1.29 is 4.74 Å². The maximum absolute atomic E-state index is 5.65. The van der Waals surface area contributed by atoms with Gasteiger partial charge >= 0.3 is 0 Å². The van der Waals surface area contributed by atoms with Gasteiger partial charge in [-0.2, -0.15) is 0 Å². The Balaban J connectivity index is 1.93. The zero-order chi connectivity index (χ0) is 13.0. The van der Waals surface area contributed by atoms with Crippen LogP contribution in [0.15, 0.2) is 24.3 Å². The SMILES string of the molecule is CCC1CCCC1Nc1ccc(OC(C)C)cc1. The number of nitrogens with one attached hydrogen (secondary N) is 1. The molecule has 1 aromatic carbocycles. The van der Waals surface area contributed by atoms with Crippen LogP contribution in [0.3, 0.4) is 0 Å². The molecule has 100 valence electrons. The van der Waals surface area contributed by atoms with Crippen LogP contribution in [0.25, 0.3) is 0 Å². The fourth-order valence-electron chi connectivity index (χ4n) is 2.83. The Kier molecular flexibility index (Phi) is 4.51. The Morgan fingerprint density at radius 1 is 1.22 bits per heavy atom. The monoisotopic (exact) mass is 247 g/mol. The van der Waals surface area contributed by atoms with E-state index in [1.54, 1.807) is 0 Å². The normalized spacial score (nSPS) is 23.3. The third kappa shape index (κ3) is 3.41. The standard InChI is InChI=1S/C16H25NO/c1-4-13-6-5-7-16(13)17-14-8-10-15(11-9-14)18-12(2)3/h8-13,16-17H,4-7H2,1-3H3. The van der Waals surface area contributed by atoms with Gasteiger partial charge in [-0.05, 0) is 56.9 Å². The molecule has 18 heavy (non-hydrogen) atoms. The summed E-state index contributed by atoms with van der Waals surface area (Å²) in [5, 5.41) is 3.67. The van der Waals surface area contributed by atoms with Gasteiger partial charge in [0.25, 0.3) is 0 Å². The zero-order valence-electron chi connectivity index (χ0n) is 11.8. The first-order chi connectivity index (χ1) is 8.69. The summed E-state index contributed by atoms with van der Waals surface area (Å²) in [6.07, 6.45) is 5.57. The summed E-state index contributed by atoms with van der Waals surface area (Å²) in [5.41, 5.74) is 1.22. The van der Waals surface area contributed by atoms with E-state index < -0.39 is 0 Å². The molecule has 0 spiro atoms. The van der Waals surface area contributed by atoms with Gasteiger partial charge in [-0.25, -0.2) is 0 Å². The maximum atomic E-state index is 5.65. The Bertz CT molecular complexity index is 358. The number of benzene rings is 1. The Morgan fingerprint density at radius 2 is 1.94 bits per heavy atom. The minimum Gasteiger partial charge on any atom is -0.491 e. The Labute approximate surface area is 111 Å². The highest BCUT2D eigenvalue weighted by atomic mass is 16.5. The van der Waals surface area contributed by atoms with E-state index in [1.807, 2.05) is 0 Å². The summed E-state index contributed by atoms with van der Waals surface area (Å²) >= 11 is 0. The molecule has 1 aliphatic rings. The van der Waals surface area contributed by atoms with Crippen LogP contribution in [0.2, 0.25) is 0 Å². The second-order valence-electron chi connectivity index (χ2n) is 5.54. The molecule has 1 aromatic rings. The van der Waals surface area contributed by atoms with E-state index in [4.69, 9.17) is 4.74 Å². The van der Waals surface area contributed by atoms with Crippen molar-refractivity contribution in [1.82, 2.24) is 0 Å². The van der Waals surface area contributed by atoms with Crippen LogP contribution in [-0.4, -0.2) is 12.1 Å². The van der Waals surface area contributed by atoms with Gasteiger partial charge in [0, 0.05) is 11.7 Å². The van der Waals surface area contributed by atoms with Gasteiger partial charge in [-0.1, -0.05) is 19.8 Å². The van der Waals surface area contributed by atoms with Gasteiger partial charge in [0.05, 0.1) is 6.10 Å². The molecule has 2 unspecified atom stereocenters. The quantitative estimate of drug-likeness (QED) is 0.829. The van der Waals surface area contributed by atoms with Crippen molar-refractivity contribution in [2.24, 2.45) is 5.92 Å². The average Bonchev–Trinajstić information content (AvgIpc) is 2.78. The van der Waals surface area contributed by atoms with Crippen LogP contribution < -0.4 is 10.1 Å². The first-order valence-corrected chi connectivity index (χ1v) is 7.22. The molecule has 2 atom stereocenters. The molecule has 0 saturated heterocycles. The summed E-state index contributed by atoms with van der Waals surface area (Å²) in [6.45, 7) is 6.40. The molecule has 2 rings (SSSR count). The lowest BCUT2D eigenvalue weighted by molar-refractivity contribution is 0.242. The number of hydrogen-bond donors (Lipinski definition) is 1. The minimum atomic E-state index is 0.239. The van der Waals surface area contributed by atoms with Gasteiger partial charge in [0.1, 0.15) is 5.75 Å². The second kappa shape index (κ2) is 6.12. The summed E-state index contributed by atoms with van der Waals surface area (Å²) in [6, 6.07) is 9.02. The molecular formula is C16H25NO. The molecule has 0 radical (unpaired) electrons. The number of ether oxygens (including phenoxy) is 1. The lowest BCUT2D eigenvalue weighted by Crippen LogP contribution is -2.23. The molecule has 1 saturated carbocycles. The molecular weight excluding hydrogens is 222 g/mol. The Hall–Kier alpha value is -1.18. The van der Waals surface area contributed by atoms with Crippen molar-refractivity contribution in [2.45, 2.75) is 58.6 Å². The van der Waals surface area contributed by atoms with Crippen LogP contribution >= 0.6 is 0 Å². The third-order valence-electron chi connectivity index (χ3n) is 3.76. The zero-order valence-corrected chi connectivity index (χ0v) is 11.8. The van der Waals surface area contributed by atoms with Crippen LogP contribution in [0.5, 0.6) is 5.75 Å². The summed E-state index contributed by atoms with van der Waals surface area (Å²) < 4.78 is 5.65. The van der Waals surface area contributed by atoms with Crippen LogP contribution in [0, 0.1) is 5.92 Å². The number of anilines is 1. The van der Waals surface area contributed by atoms with Crippen molar-refractivity contribution in [3.63, 3.8) is 0 Å². The molecule has 1 aliphatic carbocycles. The van der Waals surface area contributed by atoms with Gasteiger partial charge in [-0.15, -0.1) is 0 Å². The summed E-state index contributed by atoms with van der Waals surface area (Å²) in [5.74, 6) is 1.80. The summed E-state index contributed by atoms with van der Waals surface area (Å²) in [4.78, 5) is 0. The van der Waals surface area contributed by atoms with E-state index in [9.17, 15) is 0 Å². The van der Waals surface area contributed by atoms with Crippen molar-refractivity contribution >= 4 is 5.69 Å². The third-order valence-corrected chi connectivity index (χ3v) is 3.76. The summed E-state index contributed by atoms with van der Waals surface area (Å²) in [7, 11) is 0. The molecule has 0 amide bonds. The second-order valence-corrected chi connectivity index (χ2v) is 5.54. The predicted molar refractivity (Wildman–Crippen MR) is 77.2 cm³/mol. The highest BCUT2D eigenvalue weighted by Crippen LogP contribution is 2.31. The van der Waals surface area contributed by atoms with Crippen LogP contribution in [0.1, 0.15) is 46.5 Å². The average molecular weight is 247 g/mol. The van der Waals surface area contributed by atoms with Gasteiger partial charge in [0.2, 0.25) is 0 Å². The van der Waals surface area contributed by atoms with E-state index in [0.29, 0.717) is 6.04 Å². The van der Waals surface area contributed by atoms with Crippen LogP contribution in [0.4, 0.5) is 5.69 Å². The molecule has 1 N–H and O–H groups in total. The van der Waals surface area contributed by atoms with E-state index >= 15 is 0 Å². The van der Waals surface area contributed by atoms with E-state index in [-0.39, 0.29) is 6.10 Å². The van der Waals surface area contributed by atoms with Crippen molar-refractivity contribution in [2.75, 3.05) is 5.32 Å². The van der Waals surface area contributed by atoms with E-state index in [1.165, 1.54) is 31.4 Å². The molecule has 0 aliphatic heterocycles. The molecule has 0 bridgehead atoms. The molecule has 2 nitrogen and oxygen atoms in total. The van der Waals surface area contributed by atoms with Crippen molar-refractivity contribution in [3.05, 3.63) is 24.3 Å². The smallest absolute Gasteiger partial charge is 0.119 e. The van der Waals surface area contributed by atoms with Crippen molar-refractivity contribution in [3.8, 4) is 5.75 Å². The van der Waals surface area contributed by atoms with Crippen LogP contribution in [-0.2, 0) is 0 Å². The first-order valence-electron chi connectivity index (χ1n) is 7.22. The van der Waals surface area contributed by atoms with E-state index in [0.717, 1.165) is 11.7 Å². The van der Waals surface area contributed by atoms with E-state index in [2.05, 4.69) is 50.4 Å². The lowest BCUT2D eigenvalue weighted by atomic mass is 10.0. The Morgan fingerprint density at radius 3 is 2.56 bits per heavy atom. The van der Waals surface area contributed by atoms with Crippen molar-refractivity contribution in [1.29, 1.82) is 0 Å². The topological polar surface area (TPSA) is 21.3 Å². The molecule has 2 heteroatoms. The number of rotatable bonds is 5. The van der Waals surface area contributed by atoms with Gasteiger partial charge in [-0.3, -0.25) is 0 Å². The van der Waals surface area contributed by atoms with Gasteiger partial charge in [0.15, 0.2) is 0 Å². The molecule has 0 heterocycles. The first kappa shape index (κ1) is 13.3. The predicted octanol–water partition coefficient (Wildman–Crippen LogP) is 4.46. The fourth-order valence-corrected chi connectivity index (χ4v) is 2.83. The molecule has 1 fully saturated rings. The lowest BCUT2D eigenvalue weighted by Gasteiger charge is -2.21. The number of hydrogen-bond acceptors (Lipinski definition) is 2.